The Morgan fingerprint density at radius 1 is 1.12 bits per heavy atom. The molecule has 0 bridgehead atoms. The van der Waals surface area contributed by atoms with Gasteiger partial charge in [-0.05, 0) is 60.8 Å². The number of halogens is 3. The molecule has 0 N–H and O–H groups in total. The maximum atomic E-state index is 11.1. The van der Waals surface area contributed by atoms with Gasteiger partial charge in [-0.25, -0.2) is 4.79 Å². The van der Waals surface area contributed by atoms with Gasteiger partial charge in [0.1, 0.15) is 0 Å². The molecule has 6 heteroatoms. The van der Waals surface area contributed by atoms with Gasteiger partial charge in [-0.15, -0.1) is 33.2 Å². The predicted octanol–water partition coefficient (Wildman–Crippen LogP) is 6.97. The van der Waals surface area contributed by atoms with Crippen molar-refractivity contribution in [3.63, 3.8) is 0 Å². The van der Waals surface area contributed by atoms with Crippen molar-refractivity contribution in [1.29, 1.82) is 0 Å². The zero-order chi connectivity index (χ0) is 19.0. The van der Waals surface area contributed by atoms with E-state index in [0.29, 0.717) is 5.92 Å². The predicted molar refractivity (Wildman–Crippen MR) is 114 cm³/mol. The lowest BCUT2D eigenvalue weighted by Crippen LogP contribution is -2.14. The number of esters is 1. The number of benzene rings is 1. The van der Waals surface area contributed by atoms with E-state index in [1.807, 2.05) is 0 Å². The van der Waals surface area contributed by atoms with Gasteiger partial charge in [-0.2, -0.15) is 0 Å². The fourth-order valence-corrected chi connectivity index (χ4v) is 5.51. The summed E-state index contributed by atoms with van der Waals surface area (Å²) in [4.78, 5) is 11.1. The van der Waals surface area contributed by atoms with Crippen molar-refractivity contribution in [2.24, 2.45) is 5.92 Å². The van der Waals surface area contributed by atoms with E-state index >= 15 is 0 Å². The summed E-state index contributed by atoms with van der Waals surface area (Å²) in [6.45, 7) is 0. The van der Waals surface area contributed by atoms with E-state index in [-0.39, 0.29) is 5.97 Å². The lowest BCUT2D eigenvalue weighted by Gasteiger charge is -2.29. The van der Waals surface area contributed by atoms with Crippen LogP contribution in [0.3, 0.4) is 0 Å². The zero-order valence-electron chi connectivity index (χ0n) is 15.2. The molecule has 0 aromatic heterocycles. The van der Waals surface area contributed by atoms with Crippen LogP contribution in [0.4, 0.5) is 0 Å². The Morgan fingerprint density at radius 2 is 1.77 bits per heavy atom. The van der Waals surface area contributed by atoms with Gasteiger partial charge in [-0.1, -0.05) is 43.5 Å². The molecular formula is C20H27Cl3O2Si. The molecule has 1 saturated carbocycles. The van der Waals surface area contributed by atoms with E-state index in [0.717, 1.165) is 23.9 Å². The zero-order valence-corrected chi connectivity index (χ0v) is 18.5. The van der Waals surface area contributed by atoms with Gasteiger partial charge in [-0.3, -0.25) is 0 Å². The summed E-state index contributed by atoms with van der Waals surface area (Å²) < 4.78 is 4.61. The van der Waals surface area contributed by atoms with Gasteiger partial charge < -0.3 is 4.74 Å². The molecule has 1 aromatic rings. The second-order valence-electron chi connectivity index (χ2n) is 7.10. The van der Waals surface area contributed by atoms with Gasteiger partial charge in [0.15, 0.2) is 0 Å². The van der Waals surface area contributed by atoms with Crippen LogP contribution in [0.25, 0.3) is 6.08 Å². The van der Waals surface area contributed by atoms with E-state index in [4.69, 9.17) is 33.2 Å². The summed E-state index contributed by atoms with van der Waals surface area (Å²) in [6.07, 6.45) is 11.8. The fourth-order valence-electron chi connectivity index (χ4n) is 3.65. The van der Waals surface area contributed by atoms with E-state index < -0.39 is 6.00 Å². The Bertz CT molecular complexity index is 588. The van der Waals surface area contributed by atoms with Crippen LogP contribution in [0.5, 0.6) is 0 Å². The topological polar surface area (TPSA) is 26.3 Å². The molecule has 0 aliphatic heterocycles. The highest BCUT2D eigenvalue weighted by Gasteiger charge is 2.25. The molecule has 1 aliphatic carbocycles. The third kappa shape index (κ3) is 8.04. The van der Waals surface area contributed by atoms with Crippen LogP contribution < -0.4 is 0 Å². The normalized spacial score (nSPS) is 21.1. The monoisotopic (exact) mass is 432 g/mol. The fraction of sp³-hybridized carbons (Fsp3) is 0.550. The smallest absolute Gasteiger partial charge is 0.341 e. The quantitative estimate of drug-likeness (QED) is 0.145. The first-order valence-electron chi connectivity index (χ1n) is 9.30. The van der Waals surface area contributed by atoms with Gasteiger partial charge in [0, 0.05) is 6.08 Å². The number of hydrogen-bond acceptors (Lipinski definition) is 2. The first-order valence-corrected chi connectivity index (χ1v) is 14.5. The Balaban J connectivity index is 1.74. The van der Waals surface area contributed by atoms with Crippen LogP contribution in [0, 0.1) is 5.92 Å². The number of unbranched alkanes of at least 4 members (excludes halogenated alkanes) is 1. The molecule has 0 radical (unpaired) electrons. The van der Waals surface area contributed by atoms with Gasteiger partial charge in [0.25, 0.3) is 0 Å². The molecule has 144 valence electrons. The molecule has 1 fully saturated rings. The van der Waals surface area contributed by atoms with E-state index in [1.54, 1.807) is 6.08 Å². The van der Waals surface area contributed by atoms with Crippen molar-refractivity contribution >= 4 is 51.3 Å². The molecule has 2 rings (SSSR count). The number of methoxy groups -OCH3 is 1. The molecular weight excluding hydrogens is 407 g/mol. The van der Waals surface area contributed by atoms with Crippen molar-refractivity contribution < 1.29 is 9.53 Å². The minimum Gasteiger partial charge on any atom is -0.466 e. The molecule has 1 aromatic carbocycles. The van der Waals surface area contributed by atoms with Crippen molar-refractivity contribution in [3.8, 4) is 0 Å². The average molecular weight is 434 g/mol. The van der Waals surface area contributed by atoms with E-state index in [1.165, 1.54) is 57.3 Å². The Labute approximate surface area is 172 Å². The first kappa shape index (κ1) is 21.8. The highest BCUT2D eigenvalue weighted by Crippen LogP contribution is 2.38. The van der Waals surface area contributed by atoms with E-state index in [2.05, 4.69) is 29.0 Å². The van der Waals surface area contributed by atoms with Crippen molar-refractivity contribution in [3.05, 3.63) is 41.5 Å². The SMILES string of the molecule is COC(=O)C=Cc1ccc(C2CCC(CCCC[Si](Cl)(Cl)Cl)CC2)cc1. The maximum absolute atomic E-state index is 11.1. The average Bonchev–Trinajstić information content (AvgIpc) is 2.63. The molecule has 1 aliphatic rings. The molecule has 0 heterocycles. The van der Waals surface area contributed by atoms with Crippen molar-refractivity contribution in [2.75, 3.05) is 7.11 Å². The summed E-state index contributed by atoms with van der Waals surface area (Å²) in [6, 6.07) is 6.87. The van der Waals surface area contributed by atoms with Gasteiger partial charge >= 0.3 is 12.0 Å². The molecule has 26 heavy (non-hydrogen) atoms. The number of hydrogen-bond donors (Lipinski definition) is 0. The van der Waals surface area contributed by atoms with Gasteiger partial charge in [0.05, 0.1) is 7.11 Å². The second-order valence-corrected chi connectivity index (χ2v) is 16.4. The molecule has 0 atom stereocenters. The lowest BCUT2D eigenvalue weighted by molar-refractivity contribution is -0.134. The second kappa shape index (κ2) is 10.7. The molecule has 2 nitrogen and oxygen atoms in total. The summed E-state index contributed by atoms with van der Waals surface area (Å²) in [7, 11) is 1.38. The number of carbonyl (C=O) groups excluding carboxylic acids is 1. The maximum Gasteiger partial charge on any atom is 0.341 e. The summed E-state index contributed by atoms with van der Waals surface area (Å²) in [5, 5.41) is 0. The standard InChI is InChI=1S/C20H27Cl3O2Si/c1-25-20(24)14-9-17-7-12-19(13-8-17)18-10-5-16(6-11-18)4-2-3-15-26(21,22)23/h7-9,12-14,16,18H,2-6,10-11,15H2,1H3. The van der Waals surface area contributed by atoms with Crippen LogP contribution in [0.2, 0.25) is 6.04 Å². The Hall–Kier alpha value is -0.483. The third-order valence-electron chi connectivity index (χ3n) is 5.19. The van der Waals surface area contributed by atoms with Crippen LogP contribution in [-0.2, 0) is 9.53 Å². The summed E-state index contributed by atoms with van der Waals surface area (Å²) in [5.41, 5.74) is 2.42. The van der Waals surface area contributed by atoms with Crippen molar-refractivity contribution in [2.45, 2.75) is 56.9 Å². The first-order chi connectivity index (χ1) is 12.4. The number of rotatable bonds is 8. The summed E-state index contributed by atoms with van der Waals surface area (Å²) >= 11 is 17.8. The van der Waals surface area contributed by atoms with Crippen molar-refractivity contribution in [1.82, 2.24) is 0 Å². The van der Waals surface area contributed by atoms with Gasteiger partial charge in [0.2, 0.25) is 0 Å². The van der Waals surface area contributed by atoms with Crippen LogP contribution in [0.1, 0.15) is 62.0 Å². The largest absolute Gasteiger partial charge is 0.466 e. The highest BCUT2D eigenvalue weighted by atomic mass is 35.8. The molecule has 0 amide bonds. The van der Waals surface area contributed by atoms with E-state index in [9.17, 15) is 4.79 Å². The highest BCUT2D eigenvalue weighted by molar-refractivity contribution is 7.64. The molecule has 0 saturated heterocycles. The van der Waals surface area contributed by atoms with Crippen LogP contribution in [-0.4, -0.2) is 19.1 Å². The minimum absolute atomic E-state index is 0.330. The Morgan fingerprint density at radius 3 is 2.35 bits per heavy atom. The number of ether oxygens (including phenoxy) is 1. The molecule has 0 spiro atoms. The Kier molecular flexibility index (Phi) is 9.02. The molecule has 0 unspecified atom stereocenters. The lowest BCUT2D eigenvalue weighted by atomic mass is 9.77. The number of carbonyl (C=O) groups is 1. The minimum atomic E-state index is -2.43. The third-order valence-corrected chi connectivity index (χ3v) is 7.81. The summed E-state index contributed by atoms with van der Waals surface area (Å²) in [5.74, 6) is 1.15. The van der Waals surface area contributed by atoms with Crippen LogP contribution in [0.15, 0.2) is 30.3 Å². The van der Waals surface area contributed by atoms with Crippen LogP contribution >= 0.6 is 33.2 Å².